The Balaban J connectivity index is 1.40. The molecule has 12 heteroatoms. The molecule has 4 aliphatic rings. The number of hydrogen-bond donors (Lipinski definition) is 3. The molecular formula is C26H30F4N4O4. The van der Waals surface area contributed by atoms with Crippen LogP contribution in [0, 0.1) is 5.82 Å². The molecule has 6 rings (SSSR count). The molecule has 1 saturated heterocycles. The van der Waals surface area contributed by atoms with Crippen LogP contribution >= 0.6 is 0 Å². The van der Waals surface area contributed by atoms with Crippen molar-refractivity contribution in [2.24, 2.45) is 0 Å². The molecule has 2 aromatic rings. The summed E-state index contributed by atoms with van der Waals surface area (Å²) in [6.45, 7) is 3.98. The molecule has 0 spiro atoms. The SMILES string of the molecule is CC(Nc1ncnc(CC(=O)NC23CC(F)(C2)C3)c1C1OCCO1)c1cccc(C(F)(F)C(C)(C)O)c1F. The van der Waals surface area contributed by atoms with Gasteiger partial charge in [-0.25, -0.2) is 18.7 Å². The molecule has 0 radical (unpaired) electrons. The van der Waals surface area contributed by atoms with E-state index >= 15 is 4.39 Å². The maximum absolute atomic E-state index is 15.3. The van der Waals surface area contributed by atoms with Gasteiger partial charge in [0.1, 0.15) is 29.2 Å². The Hall–Kier alpha value is -2.83. The van der Waals surface area contributed by atoms with Gasteiger partial charge in [0.25, 0.3) is 0 Å². The second kappa shape index (κ2) is 9.13. The molecule has 2 bridgehead atoms. The summed E-state index contributed by atoms with van der Waals surface area (Å²) in [7, 11) is 0. The molecule has 4 fully saturated rings. The fraction of sp³-hybridized carbons (Fsp3) is 0.577. The fourth-order valence-corrected chi connectivity index (χ4v) is 5.49. The van der Waals surface area contributed by atoms with Crippen LogP contribution in [0.25, 0.3) is 0 Å². The number of hydrogen-bond acceptors (Lipinski definition) is 7. The third kappa shape index (κ3) is 4.62. The summed E-state index contributed by atoms with van der Waals surface area (Å²) in [5.74, 6) is -5.15. The maximum atomic E-state index is 15.3. The van der Waals surface area contributed by atoms with Crippen LogP contribution in [0.5, 0.6) is 0 Å². The number of carbonyl (C=O) groups excluding carboxylic acids is 1. The lowest BCUT2D eigenvalue weighted by Gasteiger charge is -2.65. The zero-order valence-corrected chi connectivity index (χ0v) is 21.3. The topological polar surface area (TPSA) is 106 Å². The van der Waals surface area contributed by atoms with E-state index in [-0.39, 0.29) is 23.7 Å². The van der Waals surface area contributed by atoms with Crippen molar-refractivity contribution in [2.45, 2.75) is 81.5 Å². The van der Waals surface area contributed by atoms with Crippen LogP contribution < -0.4 is 10.6 Å². The van der Waals surface area contributed by atoms with Gasteiger partial charge in [0.2, 0.25) is 5.91 Å². The summed E-state index contributed by atoms with van der Waals surface area (Å²) < 4.78 is 70.1. The quantitative estimate of drug-likeness (QED) is 0.415. The number of carbonyl (C=O) groups is 1. The molecule has 1 unspecified atom stereocenters. The number of amides is 1. The predicted molar refractivity (Wildman–Crippen MR) is 128 cm³/mol. The zero-order chi connectivity index (χ0) is 27.5. The Labute approximate surface area is 217 Å². The number of rotatable bonds is 9. The van der Waals surface area contributed by atoms with Crippen LogP contribution in [-0.2, 0) is 26.6 Å². The number of anilines is 1. The van der Waals surface area contributed by atoms with Crippen LogP contribution in [0.4, 0.5) is 23.4 Å². The summed E-state index contributed by atoms with van der Waals surface area (Å²) >= 11 is 0. The maximum Gasteiger partial charge on any atom is 0.303 e. The number of ether oxygens (including phenoxy) is 2. The van der Waals surface area contributed by atoms with E-state index in [1.807, 2.05) is 0 Å². The van der Waals surface area contributed by atoms with Crippen molar-refractivity contribution in [1.29, 1.82) is 0 Å². The number of halogens is 4. The number of nitrogens with one attached hydrogen (secondary N) is 2. The molecule has 1 aromatic carbocycles. The predicted octanol–water partition coefficient (Wildman–Crippen LogP) is 4.00. The Morgan fingerprint density at radius 2 is 1.87 bits per heavy atom. The molecule has 1 aromatic heterocycles. The molecule has 1 amide bonds. The van der Waals surface area contributed by atoms with Gasteiger partial charge in [0.15, 0.2) is 6.29 Å². The standard InChI is InChI=1S/C26H30F4N4O4/c1-14(15-5-4-6-16(20(15)27)26(29,30)23(2,3)36)33-21-19(22-37-7-8-38-22)17(31-13-32-21)9-18(35)34-25-10-24(28,11-25)12-25/h4-6,13-14,22,36H,7-12H2,1-3H3,(H,34,35)(H,31,32,33). The summed E-state index contributed by atoms with van der Waals surface area (Å²) in [5.41, 5.74) is -4.50. The van der Waals surface area contributed by atoms with E-state index in [0.29, 0.717) is 43.7 Å². The Morgan fingerprint density at radius 1 is 1.21 bits per heavy atom. The van der Waals surface area contributed by atoms with Crippen molar-refractivity contribution in [1.82, 2.24) is 15.3 Å². The van der Waals surface area contributed by atoms with Crippen molar-refractivity contribution >= 4 is 11.7 Å². The average Bonchev–Trinajstić information content (AvgIpc) is 3.31. The highest BCUT2D eigenvalue weighted by atomic mass is 19.3. The number of aromatic nitrogens is 2. The van der Waals surface area contributed by atoms with Crippen molar-refractivity contribution in [3.05, 3.63) is 52.7 Å². The second-order valence-corrected chi connectivity index (χ2v) is 11.1. The van der Waals surface area contributed by atoms with E-state index < -0.39 is 46.4 Å². The zero-order valence-electron chi connectivity index (χ0n) is 21.3. The molecular weight excluding hydrogens is 508 g/mol. The second-order valence-electron chi connectivity index (χ2n) is 11.1. The largest absolute Gasteiger partial charge is 0.384 e. The van der Waals surface area contributed by atoms with Gasteiger partial charge in [0.05, 0.1) is 42.5 Å². The molecule has 1 atom stereocenters. The molecule has 8 nitrogen and oxygen atoms in total. The molecule has 3 N–H and O–H groups in total. The van der Waals surface area contributed by atoms with E-state index in [4.69, 9.17) is 9.47 Å². The molecule has 3 aliphatic carbocycles. The Kier molecular flexibility index (Phi) is 6.43. The number of nitrogens with zero attached hydrogens (tertiary/aromatic N) is 2. The number of aliphatic hydroxyl groups is 1. The lowest BCUT2D eigenvalue weighted by molar-refractivity contribution is -0.174. The summed E-state index contributed by atoms with van der Waals surface area (Å²) in [4.78, 5) is 21.3. The van der Waals surface area contributed by atoms with Gasteiger partial charge in [-0.15, -0.1) is 0 Å². The first-order valence-corrected chi connectivity index (χ1v) is 12.5. The van der Waals surface area contributed by atoms with Gasteiger partial charge in [-0.05, 0) is 26.8 Å². The highest BCUT2D eigenvalue weighted by Crippen LogP contribution is 2.62. The highest BCUT2D eigenvalue weighted by molar-refractivity contribution is 5.80. The van der Waals surface area contributed by atoms with Crippen LogP contribution in [-0.4, -0.2) is 51.0 Å². The van der Waals surface area contributed by atoms with Crippen molar-refractivity contribution in [3.8, 4) is 0 Å². The van der Waals surface area contributed by atoms with E-state index in [2.05, 4.69) is 20.6 Å². The minimum Gasteiger partial charge on any atom is -0.384 e. The van der Waals surface area contributed by atoms with Crippen molar-refractivity contribution in [2.75, 3.05) is 18.5 Å². The van der Waals surface area contributed by atoms with Gasteiger partial charge >= 0.3 is 5.92 Å². The Bertz CT molecular complexity index is 1230. The molecule has 206 valence electrons. The monoisotopic (exact) mass is 538 g/mol. The van der Waals surface area contributed by atoms with E-state index in [0.717, 1.165) is 19.9 Å². The fourth-order valence-electron chi connectivity index (χ4n) is 5.49. The third-order valence-electron chi connectivity index (χ3n) is 7.48. The first-order valence-electron chi connectivity index (χ1n) is 12.5. The smallest absolute Gasteiger partial charge is 0.303 e. The molecule has 3 saturated carbocycles. The summed E-state index contributed by atoms with van der Waals surface area (Å²) in [6, 6.07) is 2.73. The van der Waals surface area contributed by atoms with Crippen molar-refractivity contribution in [3.63, 3.8) is 0 Å². The van der Waals surface area contributed by atoms with Crippen LogP contribution in [0.3, 0.4) is 0 Å². The number of benzene rings is 1. The first kappa shape index (κ1) is 26.8. The molecule has 38 heavy (non-hydrogen) atoms. The molecule has 2 heterocycles. The van der Waals surface area contributed by atoms with Gasteiger partial charge in [-0.1, -0.05) is 12.1 Å². The van der Waals surface area contributed by atoms with E-state index in [9.17, 15) is 23.1 Å². The number of alkyl halides is 3. The van der Waals surface area contributed by atoms with Crippen LogP contribution in [0.15, 0.2) is 24.5 Å². The van der Waals surface area contributed by atoms with Gasteiger partial charge < -0.3 is 25.2 Å². The van der Waals surface area contributed by atoms with E-state index in [1.54, 1.807) is 6.92 Å². The van der Waals surface area contributed by atoms with Crippen LogP contribution in [0.1, 0.15) is 74.7 Å². The Morgan fingerprint density at radius 3 is 2.47 bits per heavy atom. The highest BCUT2D eigenvalue weighted by Gasteiger charge is 2.69. The van der Waals surface area contributed by atoms with Gasteiger partial charge in [0, 0.05) is 30.4 Å². The van der Waals surface area contributed by atoms with E-state index in [1.165, 1.54) is 18.5 Å². The average molecular weight is 539 g/mol. The molecule has 1 aliphatic heterocycles. The normalized spacial score (nSPS) is 25.9. The first-order chi connectivity index (χ1) is 17.7. The van der Waals surface area contributed by atoms with Crippen LogP contribution in [0.2, 0.25) is 0 Å². The lowest BCUT2D eigenvalue weighted by Crippen LogP contribution is -2.76. The van der Waals surface area contributed by atoms with Gasteiger partial charge in [-0.2, -0.15) is 8.78 Å². The minimum atomic E-state index is -3.85. The van der Waals surface area contributed by atoms with Gasteiger partial charge in [-0.3, -0.25) is 4.79 Å². The van der Waals surface area contributed by atoms with Crippen molar-refractivity contribution < 1.29 is 36.9 Å². The summed E-state index contributed by atoms with van der Waals surface area (Å²) in [5, 5.41) is 15.8. The third-order valence-corrected chi connectivity index (χ3v) is 7.48. The summed E-state index contributed by atoms with van der Waals surface area (Å²) in [6.07, 6.45) is 1.10. The minimum absolute atomic E-state index is 0.0766. The lowest BCUT2D eigenvalue weighted by atomic mass is 9.47.